The minimum Gasteiger partial charge on any atom is -0.329 e. The molecule has 5 nitrogen and oxygen atoms in total. The van der Waals surface area contributed by atoms with Gasteiger partial charge < -0.3 is 10.2 Å². The molecule has 1 amide bonds. The third-order valence-electron chi connectivity index (χ3n) is 3.68. The van der Waals surface area contributed by atoms with Crippen molar-refractivity contribution in [2.45, 2.75) is 6.92 Å². The number of rotatable bonds is 4. The van der Waals surface area contributed by atoms with Crippen LogP contribution in [0.3, 0.4) is 0 Å². The van der Waals surface area contributed by atoms with Crippen LogP contribution in [0.15, 0.2) is 67.0 Å². The lowest BCUT2D eigenvalue weighted by Gasteiger charge is -2.18. The number of nitrogens with zero attached hydrogens (tertiary/aromatic N) is 3. The zero-order valence-corrected chi connectivity index (χ0v) is 13.6. The molecule has 5 heteroatoms. The molecule has 3 rings (SSSR count). The Morgan fingerprint density at radius 2 is 1.71 bits per heavy atom. The SMILES string of the molecule is Cc1ccc(NC(=O)c2cc(N(C)c3ccccc3)ncn2)cc1. The quantitative estimate of drug-likeness (QED) is 0.795. The summed E-state index contributed by atoms with van der Waals surface area (Å²) < 4.78 is 0. The summed E-state index contributed by atoms with van der Waals surface area (Å²) in [5.74, 6) is 0.397. The van der Waals surface area contributed by atoms with Gasteiger partial charge in [0.2, 0.25) is 0 Å². The summed E-state index contributed by atoms with van der Waals surface area (Å²) >= 11 is 0. The first-order valence-corrected chi connectivity index (χ1v) is 7.62. The Morgan fingerprint density at radius 1 is 1.00 bits per heavy atom. The average molecular weight is 318 g/mol. The summed E-state index contributed by atoms with van der Waals surface area (Å²) in [4.78, 5) is 22.6. The van der Waals surface area contributed by atoms with Crippen LogP contribution in [0.1, 0.15) is 16.1 Å². The second-order valence-corrected chi connectivity index (χ2v) is 5.48. The van der Waals surface area contributed by atoms with Gasteiger partial charge in [-0.05, 0) is 31.2 Å². The number of hydrogen-bond donors (Lipinski definition) is 1. The number of para-hydroxylation sites is 1. The maximum atomic E-state index is 12.4. The molecule has 24 heavy (non-hydrogen) atoms. The topological polar surface area (TPSA) is 58.1 Å². The van der Waals surface area contributed by atoms with E-state index in [1.54, 1.807) is 6.07 Å². The zero-order valence-electron chi connectivity index (χ0n) is 13.6. The average Bonchev–Trinajstić information content (AvgIpc) is 2.64. The number of hydrogen-bond acceptors (Lipinski definition) is 4. The lowest BCUT2D eigenvalue weighted by molar-refractivity contribution is 0.102. The van der Waals surface area contributed by atoms with Crippen LogP contribution in [0.2, 0.25) is 0 Å². The predicted octanol–water partition coefficient (Wildman–Crippen LogP) is 3.81. The second-order valence-electron chi connectivity index (χ2n) is 5.48. The maximum Gasteiger partial charge on any atom is 0.274 e. The van der Waals surface area contributed by atoms with Gasteiger partial charge in [0.25, 0.3) is 5.91 Å². The molecule has 0 spiro atoms. The highest BCUT2D eigenvalue weighted by molar-refractivity contribution is 6.03. The Hall–Kier alpha value is -3.21. The van der Waals surface area contributed by atoms with Crippen molar-refractivity contribution in [1.82, 2.24) is 9.97 Å². The van der Waals surface area contributed by atoms with Gasteiger partial charge in [-0.25, -0.2) is 9.97 Å². The molecule has 3 aromatic rings. The molecule has 120 valence electrons. The Kier molecular flexibility index (Phi) is 4.52. The van der Waals surface area contributed by atoms with E-state index in [-0.39, 0.29) is 5.91 Å². The summed E-state index contributed by atoms with van der Waals surface area (Å²) in [6.45, 7) is 2.00. The van der Waals surface area contributed by atoms with Crippen molar-refractivity contribution in [1.29, 1.82) is 0 Å². The van der Waals surface area contributed by atoms with Crippen molar-refractivity contribution >= 4 is 23.1 Å². The first-order valence-electron chi connectivity index (χ1n) is 7.62. The van der Waals surface area contributed by atoms with Crippen molar-refractivity contribution in [3.8, 4) is 0 Å². The lowest BCUT2D eigenvalue weighted by Crippen LogP contribution is -2.17. The van der Waals surface area contributed by atoms with Crippen molar-refractivity contribution in [3.05, 3.63) is 78.2 Å². The zero-order chi connectivity index (χ0) is 16.9. The molecule has 1 aromatic heterocycles. The molecule has 1 N–H and O–H groups in total. The molecule has 2 aromatic carbocycles. The number of nitrogens with one attached hydrogen (secondary N) is 1. The van der Waals surface area contributed by atoms with Crippen molar-refractivity contribution in [3.63, 3.8) is 0 Å². The van der Waals surface area contributed by atoms with Crippen molar-refractivity contribution in [2.75, 3.05) is 17.3 Å². The van der Waals surface area contributed by atoms with Gasteiger partial charge >= 0.3 is 0 Å². The van der Waals surface area contributed by atoms with Crippen LogP contribution in [0.4, 0.5) is 17.2 Å². The smallest absolute Gasteiger partial charge is 0.274 e. The molecule has 0 radical (unpaired) electrons. The number of carbonyl (C=O) groups is 1. The molecule has 0 aliphatic carbocycles. The number of carbonyl (C=O) groups excluding carboxylic acids is 1. The van der Waals surface area contributed by atoms with E-state index in [2.05, 4.69) is 15.3 Å². The fraction of sp³-hybridized carbons (Fsp3) is 0.105. The third-order valence-corrected chi connectivity index (χ3v) is 3.68. The molecule has 0 bridgehead atoms. The first kappa shape index (κ1) is 15.7. The summed E-state index contributed by atoms with van der Waals surface area (Å²) in [5.41, 5.74) is 3.19. The highest BCUT2D eigenvalue weighted by Gasteiger charge is 2.12. The predicted molar refractivity (Wildman–Crippen MR) is 95.7 cm³/mol. The van der Waals surface area contributed by atoms with Gasteiger partial charge in [0, 0.05) is 24.5 Å². The number of benzene rings is 2. The van der Waals surface area contributed by atoms with Gasteiger partial charge in [0.05, 0.1) is 0 Å². The molecule has 0 atom stereocenters. The Bertz CT molecular complexity index is 832. The lowest BCUT2D eigenvalue weighted by atomic mass is 10.2. The second kappa shape index (κ2) is 6.91. The van der Waals surface area contributed by atoms with Gasteiger partial charge in [0.15, 0.2) is 0 Å². The van der Waals surface area contributed by atoms with E-state index in [1.165, 1.54) is 6.33 Å². The summed E-state index contributed by atoms with van der Waals surface area (Å²) in [6, 6.07) is 19.1. The Morgan fingerprint density at radius 3 is 2.42 bits per heavy atom. The van der Waals surface area contributed by atoms with Gasteiger partial charge in [-0.1, -0.05) is 35.9 Å². The van der Waals surface area contributed by atoms with E-state index in [1.807, 2.05) is 73.5 Å². The van der Waals surface area contributed by atoms with E-state index in [0.29, 0.717) is 11.5 Å². The van der Waals surface area contributed by atoms with Crippen molar-refractivity contribution < 1.29 is 4.79 Å². The minimum atomic E-state index is -0.260. The number of amides is 1. The van der Waals surface area contributed by atoms with Crippen molar-refractivity contribution in [2.24, 2.45) is 0 Å². The highest BCUT2D eigenvalue weighted by atomic mass is 16.1. The van der Waals surface area contributed by atoms with E-state index in [9.17, 15) is 4.79 Å². The third kappa shape index (κ3) is 3.57. The fourth-order valence-electron chi connectivity index (χ4n) is 2.27. The van der Waals surface area contributed by atoms with E-state index in [0.717, 1.165) is 16.9 Å². The molecule has 0 saturated heterocycles. The maximum absolute atomic E-state index is 12.4. The van der Waals surface area contributed by atoms with Crippen LogP contribution in [-0.2, 0) is 0 Å². The summed E-state index contributed by atoms with van der Waals surface area (Å²) in [6.07, 6.45) is 1.40. The molecular formula is C19H18N4O. The van der Waals surface area contributed by atoms with Gasteiger partial charge in [-0.3, -0.25) is 4.79 Å². The van der Waals surface area contributed by atoms with Crippen LogP contribution >= 0.6 is 0 Å². The van der Waals surface area contributed by atoms with E-state index >= 15 is 0 Å². The van der Waals surface area contributed by atoms with Gasteiger partial charge in [-0.2, -0.15) is 0 Å². The number of anilines is 3. The molecule has 0 unspecified atom stereocenters. The highest BCUT2D eigenvalue weighted by Crippen LogP contribution is 2.21. The molecule has 1 heterocycles. The summed E-state index contributed by atoms with van der Waals surface area (Å²) in [5, 5.41) is 2.84. The first-order chi connectivity index (χ1) is 11.6. The Labute approximate surface area is 141 Å². The van der Waals surface area contributed by atoms with Crippen LogP contribution < -0.4 is 10.2 Å². The largest absolute Gasteiger partial charge is 0.329 e. The van der Waals surface area contributed by atoms with Gasteiger partial charge in [0.1, 0.15) is 17.8 Å². The van der Waals surface area contributed by atoms with Crippen LogP contribution in [-0.4, -0.2) is 22.9 Å². The minimum absolute atomic E-state index is 0.260. The van der Waals surface area contributed by atoms with Crippen LogP contribution in [0.25, 0.3) is 0 Å². The molecule has 0 saturated carbocycles. The number of aryl methyl sites for hydroxylation is 1. The van der Waals surface area contributed by atoms with Crippen LogP contribution in [0.5, 0.6) is 0 Å². The van der Waals surface area contributed by atoms with Gasteiger partial charge in [-0.15, -0.1) is 0 Å². The fourth-order valence-corrected chi connectivity index (χ4v) is 2.27. The molecule has 0 fully saturated rings. The molecule has 0 aliphatic heterocycles. The Balaban J connectivity index is 1.79. The van der Waals surface area contributed by atoms with E-state index < -0.39 is 0 Å². The van der Waals surface area contributed by atoms with Crippen LogP contribution in [0, 0.1) is 6.92 Å². The standard InChI is InChI=1S/C19H18N4O/c1-14-8-10-15(11-9-14)22-19(24)17-12-18(21-13-20-17)23(2)16-6-4-3-5-7-16/h3-13H,1-2H3,(H,22,24). The molecule has 0 aliphatic rings. The monoisotopic (exact) mass is 318 g/mol. The number of aromatic nitrogens is 2. The molecular weight excluding hydrogens is 300 g/mol. The summed E-state index contributed by atoms with van der Waals surface area (Å²) in [7, 11) is 1.90. The normalized spacial score (nSPS) is 10.2. The van der Waals surface area contributed by atoms with E-state index in [4.69, 9.17) is 0 Å².